The van der Waals surface area contributed by atoms with Crippen LogP contribution in [-0.4, -0.2) is 57.2 Å². The van der Waals surface area contributed by atoms with Crippen molar-refractivity contribution < 1.29 is 15.6 Å². The Hall–Kier alpha value is 1.58. The van der Waals surface area contributed by atoms with Crippen molar-refractivity contribution in [3.63, 3.8) is 0 Å². The monoisotopic (exact) mass is 184 g/mol. The second-order valence-electron chi connectivity index (χ2n) is 0.519. The Bertz CT molecular complexity index is 50.0. The van der Waals surface area contributed by atoms with Crippen LogP contribution in [0.5, 0.6) is 0 Å². The van der Waals surface area contributed by atoms with Crippen molar-refractivity contribution in [2.75, 3.05) is 0 Å². The van der Waals surface area contributed by atoms with E-state index in [1.54, 1.807) is 0 Å². The Morgan fingerprint density at radius 3 is 1.38 bits per heavy atom. The molecular formula is C2H10Cl2Mg2O2. The summed E-state index contributed by atoms with van der Waals surface area (Å²) < 4.78 is 0. The fraction of sp³-hybridized carbons (Fsp3) is 0.500. The molecule has 0 saturated carbocycles. The SMILES string of the molecule is CC(=O)O.Cl.Cl.[H-].[H-].[H-].[H-].[Mg+2].[Mg+2]. The van der Waals surface area contributed by atoms with Gasteiger partial charge in [-0.3, -0.25) is 4.79 Å². The summed E-state index contributed by atoms with van der Waals surface area (Å²) in [6.07, 6.45) is 0. The number of rotatable bonds is 0. The zero-order chi connectivity index (χ0) is 3.58. The van der Waals surface area contributed by atoms with Gasteiger partial charge < -0.3 is 10.8 Å². The minimum Gasteiger partial charge on any atom is -1.00 e. The molecule has 0 radical (unpaired) electrons. The Labute approximate surface area is 98.8 Å². The molecule has 48 valence electrons. The third-order valence-electron chi connectivity index (χ3n) is 0. The average Bonchev–Trinajstić information content (AvgIpc) is 0.811. The van der Waals surface area contributed by atoms with E-state index in [9.17, 15) is 0 Å². The molecule has 0 aliphatic carbocycles. The van der Waals surface area contributed by atoms with E-state index in [-0.39, 0.29) is 76.6 Å². The zero-order valence-corrected chi connectivity index (χ0v) is 9.05. The van der Waals surface area contributed by atoms with Crippen LogP contribution in [0.4, 0.5) is 0 Å². The molecule has 1 N–H and O–H groups in total. The van der Waals surface area contributed by atoms with E-state index in [1.807, 2.05) is 0 Å². The first-order valence-electron chi connectivity index (χ1n) is 0.928. The maximum atomic E-state index is 9.00. The number of hydrogen-bond donors (Lipinski definition) is 1. The molecule has 0 aromatic heterocycles. The number of carbonyl (C=O) groups is 1. The second-order valence-corrected chi connectivity index (χ2v) is 0.519. The molecule has 0 aromatic rings. The van der Waals surface area contributed by atoms with Gasteiger partial charge in [0, 0.05) is 6.92 Å². The summed E-state index contributed by atoms with van der Waals surface area (Å²) in [6, 6.07) is 0. The van der Waals surface area contributed by atoms with E-state index in [0.29, 0.717) is 0 Å². The van der Waals surface area contributed by atoms with E-state index in [2.05, 4.69) is 0 Å². The minimum absolute atomic E-state index is 0. The maximum Gasteiger partial charge on any atom is 2.00 e. The Balaban J connectivity index is -0.00000000161. The normalized spacial score (nSPS) is 3.12. The first-order chi connectivity index (χ1) is 1.73. The Morgan fingerprint density at radius 1 is 1.38 bits per heavy atom. The molecule has 6 heteroatoms. The predicted molar refractivity (Wildman–Crippen MR) is 43.8 cm³/mol. The molecule has 8 heavy (non-hydrogen) atoms. The summed E-state index contributed by atoms with van der Waals surface area (Å²) in [4.78, 5) is 9.00. The Morgan fingerprint density at radius 2 is 1.38 bits per heavy atom. The van der Waals surface area contributed by atoms with E-state index in [0.717, 1.165) is 6.92 Å². The van der Waals surface area contributed by atoms with Gasteiger partial charge in [-0.2, -0.15) is 0 Å². The summed E-state index contributed by atoms with van der Waals surface area (Å²) in [5.41, 5.74) is 0. The zero-order valence-electron chi connectivity index (χ0n) is 8.59. The van der Waals surface area contributed by atoms with Gasteiger partial charge in [0.2, 0.25) is 0 Å². The molecule has 0 saturated heterocycles. The molecule has 2 nitrogen and oxygen atoms in total. The van der Waals surface area contributed by atoms with Crippen molar-refractivity contribution in [2.45, 2.75) is 6.92 Å². The minimum atomic E-state index is -0.833. The van der Waals surface area contributed by atoms with Gasteiger partial charge >= 0.3 is 46.1 Å². The van der Waals surface area contributed by atoms with Crippen LogP contribution in [0.25, 0.3) is 0 Å². The third kappa shape index (κ3) is 131. The van der Waals surface area contributed by atoms with E-state index < -0.39 is 5.97 Å². The molecule has 0 heterocycles. The number of aliphatic carboxylic acids is 1. The molecule has 0 aromatic carbocycles. The molecule has 0 spiro atoms. The molecule has 0 unspecified atom stereocenters. The van der Waals surface area contributed by atoms with Gasteiger partial charge in [0.1, 0.15) is 0 Å². The van der Waals surface area contributed by atoms with E-state index in [1.165, 1.54) is 0 Å². The van der Waals surface area contributed by atoms with Crippen molar-refractivity contribution >= 4 is 76.9 Å². The summed E-state index contributed by atoms with van der Waals surface area (Å²) in [6.45, 7) is 1.08. The Kier molecular flexibility index (Phi) is 98.7. The number of hydrogen-bond acceptors (Lipinski definition) is 1. The topological polar surface area (TPSA) is 37.3 Å². The molecule has 0 aliphatic rings. The van der Waals surface area contributed by atoms with Crippen molar-refractivity contribution in [3.8, 4) is 0 Å². The molecule has 0 bridgehead atoms. The molecule has 0 amide bonds. The molecular weight excluding hydrogens is 176 g/mol. The summed E-state index contributed by atoms with van der Waals surface area (Å²) in [7, 11) is 0. The van der Waals surface area contributed by atoms with Crippen molar-refractivity contribution in [1.82, 2.24) is 0 Å². The van der Waals surface area contributed by atoms with Crippen LogP contribution < -0.4 is 0 Å². The van der Waals surface area contributed by atoms with Crippen LogP contribution in [0.2, 0.25) is 0 Å². The molecule has 0 atom stereocenters. The van der Waals surface area contributed by atoms with Crippen molar-refractivity contribution in [2.24, 2.45) is 0 Å². The number of carboxylic acids is 1. The molecule has 0 aliphatic heterocycles. The van der Waals surface area contributed by atoms with Crippen LogP contribution in [0.3, 0.4) is 0 Å². The van der Waals surface area contributed by atoms with Crippen LogP contribution in [0.1, 0.15) is 12.6 Å². The van der Waals surface area contributed by atoms with E-state index >= 15 is 0 Å². The first kappa shape index (κ1) is 33.6. The third-order valence-corrected chi connectivity index (χ3v) is 0. The predicted octanol–water partition coefficient (Wildman–Crippen LogP) is 0.623. The second kappa shape index (κ2) is 23.5. The van der Waals surface area contributed by atoms with Crippen LogP contribution in [0, 0.1) is 0 Å². The number of halogens is 2. The van der Waals surface area contributed by atoms with Gasteiger partial charge in [-0.25, -0.2) is 0 Å². The standard InChI is InChI=1S/C2H4O2.2ClH.2Mg.4H/c1-2(3)4;;;;;;;;/h1H3,(H,3,4);2*1H;;;;;;/q;;;2*+2;4*-1. The average molecular weight is 186 g/mol. The molecule has 0 fully saturated rings. The van der Waals surface area contributed by atoms with E-state index in [4.69, 9.17) is 9.90 Å². The largest absolute Gasteiger partial charge is 2.00 e. The van der Waals surface area contributed by atoms with Crippen LogP contribution in [0.15, 0.2) is 0 Å². The van der Waals surface area contributed by atoms with Gasteiger partial charge in [-0.1, -0.05) is 0 Å². The van der Waals surface area contributed by atoms with Crippen LogP contribution >= 0.6 is 24.8 Å². The number of carboxylic acid groups (broad SMARTS) is 1. The molecule has 0 rings (SSSR count). The van der Waals surface area contributed by atoms with Gasteiger partial charge in [-0.15, -0.1) is 24.8 Å². The van der Waals surface area contributed by atoms with Crippen molar-refractivity contribution in [3.05, 3.63) is 0 Å². The van der Waals surface area contributed by atoms with Crippen LogP contribution in [-0.2, 0) is 4.79 Å². The van der Waals surface area contributed by atoms with Gasteiger partial charge in [-0.05, 0) is 0 Å². The smallest absolute Gasteiger partial charge is 1.00 e. The fourth-order valence-electron chi connectivity index (χ4n) is 0. The maximum absolute atomic E-state index is 9.00. The van der Waals surface area contributed by atoms with Gasteiger partial charge in [0.25, 0.3) is 5.97 Å². The summed E-state index contributed by atoms with van der Waals surface area (Å²) in [5, 5.41) is 7.42. The summed E-state index contributed by atoms with van der Waals surface area (Å²) in [5.74, 6) is -0.833. The van der Waals surface area contributed by atoms with Gasteiger partial charge in [0.15, 0.2) is 0 Å². The van der Waals surface area contributed by atoms with Gasteiger partial charge in [0.05, 0.1) is 0 Å². The first-order valence-corrected chi connectivity index (χ1v) is 0.928. The fourth-order valence-corrected chi connectivity index (χ4v) is 0. The summed E-state index contributed by atoms with van der Waals surface area (Å²) >= 11 is 0. The van der Waals surface area contributed by atoms with Crippen molar-refractivity contribution in [1.29, 1.82) is 0 Å². The quantitative estimate of drug-likeness (QED) is 0.562.